The Hall–Kier alpha value is -1.35. The van der Waals surface area contributed by atoms with Crippen LogP contribution in [0.2, 0.25) is 0 Å². The van der Waals surface area contributed by atoms with Gasteiger partial charge in [-0.05, 0) is 37.5 Å². The SMILES string of the molecule is Cc1cccc(N2CC(C)CNC(C)C2=O)c1. The number of anilines is 1. The zero-order chi connectivity index (χ0) is 12.4. The van der Waals surface area contributed by atoms with E-state index in [9.17, 15) is 4.79 Å². The Morgan fingerprint density at radius 1 is 1.35 bits per heavy atom. The number of hydrogen-bond donors (Lipinski definition) is 1. The van der Waals surface area contributed by atoms with Gasteiger partial charge in [0.1, 0.15) is 0 Å². The fourth-order valence-electron chi connectivity index (χ4n) is 2.19. The molecular formula is C14H20N2O. The van der Waals surface area contributed by atoms with E-state index >= 15 is 0 Å². The van der Waals surface area contributed by atoms with Crippen LogP contribution in [0.15, 0.2) is 24.3 Å². The van der Waals surface area contributed by atoms with Crippen molar-refractivity contribution in [2.45, 2.75) is 26.8 Å². The lowest BCUT2D eigenvalue weighted by Crippen LogP contribution is -2.41. The van der Waals surface area contributed by atoms with Crippen LogP contribution in [-0.2, 0) is 4.79 Å². The van der Waals surface area contributed by atoms with Crippen LogP contribution in [0.25, 0.3) is 0 Å². The van der Waals surface area contributed by atoms with Crippen molar-refractivity contribution in [3.63, 3.8) is 0 Å². The first-order valence-electron chi connectivity index (χ1n) is 6.19. The molecule has 0 spiro atoms. The molecule has 2 rings (SSSR count). The number of amides is 1. The average Bonchev–Trinajstić information content (AvgIpc) is 2.43. The summed E-state index contributed by atoms with van der Waals surface area (Å²) in [7, 11) is 0. The van der Waals surface area contributed by atoms with Gasteiger partial charge in [-0.15, -0.1) is 0 Å². The van der Waals surface area contributed by atoms with E-state index in [0.717, 1.165) is 18.8 Å². The third-order valence-corrected chi connectivity index (χ3v) is 3.22. The zero-order valence-corrected chi connectivity index (χ0v) is 10.7. The number of benzene rings is 1. The molecule has 1 saturated heterocycles. The number of nitrogens with one attached hydrogen (secondary N) is 1. The Balaban J connectivity index is 2.31. The van der Waals surface area contributed by atoms with Crippen LogP contribution in [-0.4, -0.2) is 25.0 Å². The predicted molar refractivity (Wildman–Crippen MR) is 70.2 cm³/mol. The highest BCUT2D eigenvalue weighted by atomic mass is 16.2. The van der Waals surface area contributed by atoms with Crippen molar-refractivity contribution in [3.05, 3.63) is 29.8 Å². The van der Waals surface area contributed by atoms with Crippen molar-refractivity contribution in [2.75, 3.05) is 18.0 Å². The van der Waals surface area contributed by atoms with Gasteiger partial charge in [-0.3, -0.25) is 4.79 Å². The normalized spacial score (nSPS) is 25.8. The van der Waals surface area contributed by atoms with Gasteiger partial charge in [-0.25, -0.2) is 0 Å². The molecule has 1 aliphatic rings. The van der Waals surface area contributed by atoms with Gasteiger partial charge in [0.25, 0.3) is 0 Å². The quantitative estimate of drug-likeness (QED) is 0.802. The fraction of sp³-hybridized carbons (Fsp3) is 0.500. The third kappa shape index (κ3) is 2.67. The first-order chi connectivity index (χ1) is 8.08. The van der Waals surface area contributed by atoms with Gasteiger partial charge >= 0.3 is 0 Å². The molecule has 1 N–H and O–H groups in total. The van der Waals surface area contributed by atoms with Crippen LogP contribution in [0.5, 0.6) is 0 Å². The van der Waals surface area contributed by atoms with Crippen LogP contribution in [0, 0.1) is 12.8 Å². The van der Waals surface area contributed by atoms with Gasteiger partial charge in [-0.1, -0.05) is 19.1 Å². The van der Waals surface area contributed by atoms with E-state index < -0.39 is 0 Å². The maximum absolute atomic E-state index is 12.3. The van der Waals surface area contributed by atoms with Crippen molar-refractivity contribution < 1.29 is 4.79 Å². The molecular weight excluding hydrogens is 212 g/mol. The molecule has 3 nitrogen and oxygen atoms in total. The Morgan fingerprint density at radius 2 is 2.12 bits per heavy atom. The van der Waals surface area contributed by atoms with Crippen molar-refractivity contribution in [1.82, 2.24) is 5.32 Å². The summed E-state index contributed by atoms with van der Waals surface area (Å²) in [5.74, 6) is 0.643. The van der Waals surface area contributed by atoms with Crippen LogP contribution in [0.1, 0.15) is 19.4 Å². The number of hydrogen-bond acceptors (Lipinski definition) is 2. The topological polar surface area (TPSA) is 32.3 Å². The summed E-state index contributed by atoms with van der Waals surface area (Å²) in [6.07, 6.45) is 0. The number of rotatable bonds is 1. The maximum atomic E-state index is 12.3. The van der Waals surface area contributed by atoms with Crippen LogP contribution in [0.3, 0.4) is 0 Å². The van der Waals surface area contributed by atoms with E-state index in [4.69, 9.17) is 0 Å². The van der Waals surface area contributed by atoms with Crippen LogP contribution < -0.4 is 10.2 Å². The summed E-state index contributed by atoms with van der Waals surface area (Å²) in [5, 5.41) is 3.27. The zero-order valence-electron chi connectivity index (χ0n) is 10.7. The van der Waals surface area contributed by atoms with E-state index in [0.29, 0.717) is 5.92 Å². The Labute approximate surface area is 103 Å². The summed E-state index contributed by atoms with van der Waals surface area (Å²) in [5.41, 5.74) is 2.20. The Bertz CT molecular complexity index is 416. The number of aryl methyl sites for hydroxylation is 1. The van der Waals surface area contributed by atoms with Gasteiger partial charge in [0, 0.05) is 18.8 Å². The Morgan fingerprint density at radius 3 is 2.82 bits per heavy atom. The molecule has 92 valence electrons. The minimum Gasteiger partial charge on any atom is -0.311 e. The highest BCUT2D eigenvalue weighted by Gasteiger charge is 2.27. The van der Waals surface area contributed by atoms with Crippen LogP contribution in [0.4, 0.5) is 5.69 Å². The number of carbonyl (C=O) groups is 1. The molecule has 17 heavy (non-hydrogen) atoms. The molecule has 1 aromatic carbocycles. The summed E-state index contributed by atoms with van der Waals surface area (Å²) in [6, 6.07) is 8.04. The minimum atomic E-state index is -0.0968. The van der Waals surface area contributed by atoms with Crippen molar-refractivity contribution >= 4 is 11.6 Å². The second-order valence-electron chi connectivity index (χ2n) is 5.02. The first-order valence-corrected chi connectivity index (χ1v) is 6.19. The smallest absolute Gasteiger partial charge is 0.243 e. The summed E-state index contributed by atoms with van der Waals surface area (Å²) in [6.45, 7) is 7.84. The lowest BCUT2D eigenvalue weighted by Gasteiger charge is -2.24. The lowest BCUT2D eigenvalue weighted by molar-refractivity contribution is -0.119. The maximum Gasteiger partial charge on any atom is 0.243 e. The largest absolute Gasteiger partial charge is 0.311 e. The molecule has 0 aromatic heterocycles. The standard InChI is InChI=1S/C14H20N2O/c1-10-5-4-6-13(7-10)16-9-11(2)8-15-12(3)14(16)17/h4-7,11-12,15H,8-9H2,1-3H3. The molecule has 0 radical (unpaired) electrons. The molecule has 0 saturated carbocycles. The second kappa shape index (κ2) is 4.88. The third-order valence-electron chi connectivity index (χ3n) is 3.22. The molecule has 1 aliphatic heterocycles. The monoisotopic (exact) mass is 232 g/mol. The van der Waals surface area contributed by atoms with E-state index in [1.807, 2.05) is 24.0 Å². The highest BCUT2D eigenvalue weighted by molar-refractivity contribution is 5.97. The molecule has 1 fully saturated rings. The van der Waals surface area contributed by atoms with Gasteiger partial charge in [0.15, 0.2) is 0 Å². The molecule has 1 heterocycles. The van der Waals surface area contributed by atoms with Gasteiger partial charge in [0.2, 0.25) is 5.91 Å². The summed E-state index contributed by atoms with van der Waals surface area (Å²) >= 11 is 0. The molecule has 2 atom stereocenters. The van der Waals surface area contributed by atoms with Crippen molar-refractivity contribution in [2.24, 2.45) is 5.92 Å². The lowest BCUT2D eigenvalue weighted by atomic mass is 10.1. The molecule has 3 heteroatoms. The van der Waals surface area contributed by atoms with E-state index in [1.165, 1.54) is 5.56 Å². The highest BCUT2D eigenvalue weighted by Crippen LogP contribution is 2.20. The molecule has 0 bridgehead atoms. The molecule has 0 aliphatic carbocycles. The van der Waals surface area contributed by atoms with E-state index in [2.05, 4.69) is 31.3 Å². The van der Waals surface area contributed by atoms with Gasteiger partial charge in [0.05, 0.1) is 6.04 Å². The van der Waals surface area contributed by atoms with Crippen molar-refractivity contribution in [1.29, 1.82) is 0 Å². The average molecular weight is 232 g/mol. The first kappa shape index (κ1) is 12.1. The molecule has 1 amide bonds. The summed E-state index contributed by atoms with van der Waals surface area (Å²) < 4.78 is 0. The fourth-order valence-corrected chi connectivity index (χ4v) is 2.19. The predicted octanol–water partition coefficient (Wildman–Crippen LogP) is 1.96. The number of nitrogens with zero attached hydrogens (tertiary/aromatic N) is 1. The van der Waals surface area contributed by atoms with E-state index in [1.54, 1.807) is 0 Å². The molecule has 1 aromatic rings. The van der Waals surface area contributed by atoms with E-state index in [-0.39, 0.29) is 11.9 Å². The second-order valence-corrected chi connectivity index (χ2v) is 5.02. The minimum absolute atomic E-state index is 0.0968. The van der Waals surface area contributed by atoms with Gasteiger partial charge < -0.3 is 10.2 Å². The summed E-state index contributed by atoms with van der Waals surface area (Å²) in [4.78, 5) is 14.2. The van der Waals surface area contributed by atoms with Crippen LogP contribution >= 0.6 is 0 Å². The van der Waals surface area contributed by atoms with Crippen molar-refractivity contribution in [3.8, 4) is 0 Å². The Kier molecular flexibility index (Phi) is 3.48. The van der Waals surface area contributed by atoms with Gasteiger partial charge in [-0.2, -0.15) is 0 Å². The number of carbonyl (C=O) groups excluding carboxylic acids is 1. The molecule has 2 unspecified atom stereocenters.